The van der Waals surface area contributed by atoms with Gasteiger partial charge in [0.25, 0.3) is 0 Å². The van der Waals surface area contributed by atoms with Gasteiger partial charge < -0.3 is 14.2 Å². The molecule has 0 N–H and O–H groups in total. The maximum Gasteiger partial charge on any atom is 0.308 e. The zero-order chi connectivity index (χ0) is 12.3. The number of esters is 1. The first-order chi connectivity index (χ1) is 8.20. The molecular formula is C13H22O4. The largest absolute Gasteiger partial charge is 0.465 e. The second-order valence-electron chi connectivity index (χ2n) is 5.05. The molecule has 1 aliphatic carbocycles. The first-order valence-electron chi connectivity index (χ1n) is 6.59. The lowest BCUT2D eigenvalue weighted by molar-refractivity contribution is -0.147. The Balaban J connectivity index is 1.61. The molecule has 4 atom stereocenters. The molecule has 0 aromatic heterocycles. The van der Waals surface area contributed by atoms with Gasteiger partial charge in [-0.25, -0.2) is 0 Å². The van der Waals surface area contributed by atoms with E-state index in [-0.39, 0.29) is 5.97 Å². The van der Waals surface area contributed by atoms with E-state index in [0.717, 1.165) is 12.8 Å². The van der Waals surface area contributed by atoms with E-state index in [9.17, 15) is 4.79 Å². The fraction of sp³-hybridized carbons (Fsp3) is 0.923. The zero-order valence-corrected chi connectivity index (χ0v) is 10.7. The maximum absolute atomic E-state index is 11.4. The topological polar surface area (TPSA) is 48.1 Å². The van der Waals surface area contributed by atoms with Crippen LogP contribution in [0.1, 0.15) is 33.1 Å². The molecule has 0 spiro atoms. The van der Waals surface area contributed by atoms with E-state index in [0.29, 0.717) is 50.3 Å². The van der Waals surface area contributed by atoms with Gasteiger partial charge in [0.15, 0.2) is 0 Å². The van der Waals surface area contributed by atoms with Crippen LogP contribution in [0.15, 0.2) is 0 Å². The zero-order valence-electron chi connectivity index (χ0n) is 10.7. The van der Waals surface area contributed by atoms with E-state index in [1.165, 1.54) is 0 Å². The molecule has 1 aliphatic heterocycles. The van der Waals surface area contributed by atoms with Crippen molar-refractivity contribution in [2.24, 2.45) is 11.8 Å². The van der Waals surface area contributed by atoms with Gasteiger partial charge in [-0.1, -0.05) is 6.92 Å². The van der Waals surface area contributed by atoms with Crippen molar-refractivity contribution in [1.82, 2.24) is 0 Å². The third kappa shape index (κ3) is 3.68. The summed E-state index contributed by atoms with van der Waals surface area (Å²) in [6.07, 6.45) is 3.46. The fourth-order valence-electron chi connectivity index (χ4n) is 2.49. The van der Waals surface area contributed by atoms with Crippen molar-refractivity contribution in [2.75, 3.05) is 19.8 Å². The molecule has 98 valence electrons. The number of epoxide rings is 1. The summed E-state index contributed by atoms with van der Waals surface area (Å²) in [5.74, 6) is 0.915. The Morgan fingerprint density at radius 1 is 1.35 bits per heavy atom. The number of rotatable bonds is 6. The van der Waals surface area contributed by atoms with Crippen molar-refractivity contribution in [1.29, 1.82) is 0 Å². The summed E-state index contributed by atoms with van der Waals surface area (Å²) in [5, 5.41) is 0. The van der Waals surface area contributed by atoms with Gasteiger partial charge >= 0.3 is 5.97 Å². The molecule has 1 saturated carbocycles. The van der Waals surface area contributed by atoms with E-state index >= 15 is 0 Å². The Morgan fingerprint density at radius 3 is 2.88 bits per heavy atom. The van der Waals surface area contributed by atoms with Gasteiger partial charge in [0.05, 0.1) is 31.8 Å². The minimum atomic E-state index is -0.149. The van der Waals surface area contributed by atoms with Gasteiger partial charge in [-0.3, -0.25) is 4.79 Å². The smallest absolute Gasteiger partial charge is 0.308 e. The summed E-state index contributed by atoms with van der Waals surface area (Å²) in [4.78, 5) is 11.4. The van der Waals surface area contributed by atoms with E-state index in [2.05, 4.69) is 6.92 Å². The first-order valence-corrected chi connectivity index (χ1v) is 6.59. The van der Waals surface area contributed by atoms with Gasteiger partial charge in [-0.05, 0) is 31.6 Å². The number of carbonyl (C=O) groups is 1. The molecule has 4 unspecified atom stereocenters. The first kappa shape index (κ1) is 12.8. The molecule has 1 heterocycles. The number of fused-ring (bicyclic) bond motifs is 1. The summed E-state index contributed by atoms with van der Waals surface area (Å²) in [7, 11) is 0. The van der Waals surface area contributed by atoms with Crippen LogP contribution >= 0.6 is 0 Å². The predicted molar refractivity (Wildman–Crippen MR) is 62.6 cm³/mol. The van der Waals surface area contributed by atoms with Crippen LogP contribution in [0.4, 0.5) is 0 Å². The average Bonchev–Trinajstić information content (AvgIpc) is 3.04. The molecular weight excluding hydrogens is 220 g/mol. The van der Waals surface area contributed by atoms with Crippen molar-refractivity contribution in [3.63, 3.8) is 0 Å². The van der Waals surface area contributed by atoms with Gasteiger partial charge in [-0.2, -0.15) is 0 Å². The third-order valence-electron chi connectivity index (χ3n) is 3.74. The normalized spacial score (nSPS) is 35.2. The lowest BCUT2D eigenvalue weighted by atomic mass is 9.81. The molecule has 0 bridgehead atoms. The molecule has 2 rings (SSSR count). The molecule has 4 nitrogen and oxygen atoms in total. The molecule has 0 aromatic carbocycles. The summed E-state index contributed by atoms with van der Waals surface area (Å²) in [5.41, 5.74) is 0. The minimum absolute atomic E-state index is 0.149. The SMILES string of the molecule is CCOCCC(=O)OCC1CC2OC2CC1C. The number of ether oxygens (including phenoxy) is 3. The Bertz CT molecular complexity index is 266. The minimum Gasteiger partial charge on any atom is -0.465 e. The van der Waals surface area contributed by atoms with Crippen LogP contribution in [-0.2, 0) is 19.0 Å². The summed E-state index contributed by atoms with van der Waals surface area (Å²) in [6.45, 7) is 5.78. The highest BCUT2D eigenvalue weighted by molar-refractivity contribution is 5.69. The highest BCUT2D eigenvalue weighted by Gasteiger charge is 2.47. The van der Waals surface area contributed by atoms with Gasteiger partial charge in [0.1, 0.15) is 0 Å². The van der Waals surface area contributed by atoms with Crippen molar-refractivity contribution >= 4 is 5.97 Å². The Kier molecular flexibility index (Phi) is 4.40. The summed E-state index contributed by atoms with van der Waals surface area (Å²) in [6, 6.07) is 0. The maximum atomic E-state index is 11.4. The van der Waals surface area contributed by atoms with Crippen LogP contribution in [-0.4, -0.2) is 38.0 Å². The van der Waals surface area contributed by atoms with Crippen molar-refractivity contribution in [3.05, 3.63) is 0 Å². The standard InChI is InChI=1S/C13H22O4/c1-3-15-5-4-13(14)16-8-10-7-12-11(17-12)6-9(10)2/h9-12H,3-8H2,1-2H3. The Labute approximate surface area is 103 Å². The van der Waals surface area contributed by atoms with Crippen LogP contribution in [0.2, 0.25) is 0 Å². The van der Waals surface area contributed by atoms with Crippen molar-refractivity contribution in [3.8, 4) is 0 Å². The van der Waals surface area contributed by atoms with Crippen LogP contribution in [0, 0.1) is 11.8 Å². The molecule has 0 aromatic rings. The van der Waals surface area contributed by atoms with Crippen LogP contribution < -0.4 is 0 Å². The molecule has 2 fully saturated rings. The van der Waals surface area contributed by atoms with Gasteiger partial charge in [0, 0.05) is 6.61 Å². The average molecular weight is 242 g/mol. The third-order valence-corrected chi connectivity index (χ3v) is 3.74. The van der Waals surface area contributed by atoms with Gasteiger partial charge in [0.2, 0.25) is 0 Å². The fourth-order valence-corrected chi connectivity index (χ4v) is 2.49. The van der Waals surface area contributed by atoms with E-state index < -0.39 is 0 Å². The number of carbonyl (C=O) groups excluding carboxylic acids is 1. The molecule has 0 radical (unpaired) electrons. The number of hydrogen-bond donors (Lipinski definition) is 0. The predicted octanol–water partition coefficient (Wildman–Crippen LogP) is 1.77. The second-order valence-corrected chi connectivity index (χ2v) is 5.05. The Hall–Kier alpha value is -0.610. The van der Waals surface area contributed by atoms with Crippen LogP contribution in [0.5, 0.6) is 0 Å². The van der Waals surface area contributed by atoms with E-state index in [1.807, 2.05) is 6.92 Å². The molecule has 17 heavy (non-hydrogen) atoms. The van der Waals surface area contributed by atoms with Crippen molar-refractivity contribution in [2.45, 2.75) is 45.3 Å². The molecule has 4 heteroatoms. The molecule has 1 saturated heterocycles. The van der Waals surface area contributed by atoms with Crippen LogP contribution in [0.3, 0.4) is 0 Å². The monoisotopic (exact) mass is 242 g/mol. The lowest BCUT2D eigenvalue weighted by Crippen LogP contribution is -2.27. The van der Waals surface area contributed by atoms with Crippen molar-refractivity contribution < 1.29 is 19.0 Å². The molecule has 2 aliphatic rings. The Morgan fingerprint density at radius 2 is 2.12 bits per heavy atom. The highest BCUT2D eigenvalue weighted by Crippen LogP contribution is 2.42. The molecule has 0 amide bonds. The quantitative estimate of drug-likeness (QED) is 0.404. The van der Waals surface area contributed by atoms with Gasteiger partial charge in [-0.15, -0.1) is 0 Å². The lowest BCUT2D eigenvalue weighted by Gasteiger charge is -2.25. The van der Waals surface area contributed by atoms with E-state index in [4.69, 9.17) is 14.2 Å². The summed E-state index contributed by atoms with van der Waals surface area (Å²) < 4.78 is 15.9. The second kappa shape index (κ2) is 5.83. The summed E-state index contributed by atoms with van der Waals surface area (Å²) >= 11 is 0. The highest BCUT2D eigenvalue weighted by atomic mass is 16.6. The number of hydrogen-bond acceptors (Lipinski definition) is 4. The van der Waals surface area contributed by atoms with E-state index in [1.54, 1.807) is 0 Å². The van der Waals surface area contributed by atoms with Crippen LogP contribution in [0.25, 0.3) is 0 Å².